The Bertz CT molecular complexity index is 335. The van der Waals surface area contributed by atoms with Crippen LogP contribution in [-0.2, 0) is 11.3 Å². The van der Waals surface area contributed by atoms with Crippen molar-refractivity contribution in [1.29, 1.82) is 0 Å². The van der Waals surface area contributed by atoms with Gasteiger partial charge in [0.1, 0.15) is 5.82 Å². The summed E-state index contributed by atoms with van der Waals surface area (Å²) in [6.45, 7) is 5.77. The van der Waals surface area contributed by atoms with Gasteiger partial charge in [-0.05, 0) is 20.8 Å². The van der Waals surface area contributed by atoms with Crippen LogP contribution in [0.5, 0.6) is 0 Å². The molecule has 0 saturated carbocycles. The summed E-state index contributed by atoms with van der Waals surface area (Å²) in [6.07, 6.45) is -0.485. The fraction of sp³-hybridized carbons (Fsp3) is 0.667. The predicted molar refractivity (Wildman–Crippen MR) is 54.2 cm³/mol. The molecule has 0 saturated heterocycles. The van der Waals surface area contributed by atoms with Gasteiger partial charge in [0, 0.05) is 7.05 Å². The van der Waals surface area contributed by atoms with Gasteiger partial charge < -0.3 is 9.64 Å². The van der Waals surface area contributed by atoms with Crippen LogP contribution in [0.25, 0.3) is 0 Å². The highest BCUT2D eigenvalue weighted by Gasteiger charge is 2.13. The molecule has 0 bridgehead atoms. The standard InChI is InChI=1S/C9H16N4O2/c1-6(2)15-9(14)13(4)5-8-10-7(3)11-12-8/h6H,5H2,1-4H3,(H,10,11,12). The average Bonchev–Trinajstić information content (AvgIpc) is 2.50. The summed E-state index contributed by atoms with van der Waals surface area (Å²) in [4.78, 5) is 16.9. The normalized spacial score (nSPS) is 10.5. The van der Waals surface area contributed by atoms with E-state index >= 15 is 0 Å². The Labute approximate surface area is 88.6 Å². The highest BCUT2D eigenvalue weighted by Crippen LogP contribution is 2.00. The quantitative estimate of drug-likeness (QED) is 0.814. The van der Waals surface area contributed by atoms with Crippen LogP contribution in [0.2, 0.25) is 0 Å². The lowest BCUT2D eigenvalue weighted by atomic mass is 10.5. The molecular formula is C9H16N4O2. The Kier molecular flexibility index (Phi) is 3.65. The van der Waals surface area contributed by atoms with Crippen LogP contribution in [0.1, 0.15) is 25.5 Å². The lowest BCUT2D eigenvalue weighted by molar-refractivity contribution is 0.0816. The minimum Gasteiger partial charge on any atom is -0.447 e. The van der Waals surface area contributed by atoms with E-state index in [2.05, 4.69) is 15.2 Å². The molecule has 15 heavy (non-hydrogen) atoms. The highest BCUT2D eigenvalue weighted by molar-refractivity contribution is 5.67. The lowest BCUT2D eigenvalue weighted by Crippen LogP contribution is -2.29. The highest BCUT2D eigenvalue weighted by atomic mass is 16.6. The number of rotatable bonds is 3. The Morgan fingerprint density at radius 1 is 1.60 bits per heavy atom. The summed E-state index contributed by atoms with van der Waals surface area (Å²) < 4.78 is 5.01. The summed E-state index contributed by atoms with van der Waals surface area (Å²) in [5, 5.41) is 6.65. The van der Waals surface area contributed by atoms with Crippen molar-refractivity contribution in [2.45, 2.75) is 33.4 Å². The maximum atomic E-state index is 11.4. The number of carbonyl (C=O) groups excluding carboxylic acids is 1. The molecule has 0 aliphatic rings. The van der Waals surface area contributed by atoms with Gasteiger partial charge in [0.25, 0.3) is 0 Å². The second kappa shape index (κ2) is 4.77. The number of hydrogen-bond donors (Lipinski definition) is 1. The molecule has 6 heteroatoms. The second-order valence-corrected chi connectivity index (χ2v) is 3.63. The zero-order valence-corrected chi connectivity index (χ0v) is 9.44. The monoisotopic (exact) mass is 212 g/mol. The van der Waals surface area contributed by atoms with Crippen LogP contribution in [0.4, 0.5) is 4.79 Å². The van der Waals surface area contributed by atoms with Crippen molar-refractivity contribution in [1.82, 2.24) is 20.1 Å². The van der Waals surface area contributed by atoms with Crippen molar-refractivity contribution in [3.8, 4) is 0 Å². The SMILES string of the molecule is Cc1nc(CN(C)C(=O)OC(C)C)n[nH]1. The number of carbonyl (C=O) groups is 1. The first-order valence-electron chi connectivity index (χ1n) is 4.78. The lowest BCUT2D eigenvalue weighted by Gasteiger charge is -2.16. The van der Waals surface area contributed by atoms with Crippen LogP contribution < -0.4 is 0 Å². The van der Waals surface area contributed by atoms with Gasteiger partial charge in [-0.25, -0.2) is 9.78 Å². The number of nitrogens with one attached hydrogen (secondary N) is 1. The maximum absolute atomic E-state index is 11.4. The number of ether oxygens (including phenoxy) is 1. The third kappa shape index (κ3) is 3.57. The van der Waals surface area contributed by atoms with E-state index in [1.54, 1.807) is 7.05 Å². The van der Waals surface area contributed by atoms with Crippen molar-refractivity contribution in [3.05, 3.63) is 11.6 Å². The van der Waals surface area contributed by atoms with Gasteiger partial charge >= 0.3 is 6.09 Å². The summed E-state index contributed by atoms with van der Waals surface area (Å²) in [5.41, 5.74) is 0. The maximum Gasteiger partial charge on any atom is 0.410 e. The van der Waals surface area contributed by atoms with E-state index in [1.165, 1.54) is 4.90 Å². The first-order valence-corrected chi connectivity index (χ1v) is 4.78. The zero-order valence-electron chi connectivity index (χ0n) is 9.44. The molecule has 0 spiro atoms. The van der Waals surface area contributed by atoms with Crippen molar-refractivity contribution >= 4 is 6.09 Å². The molecule has 1 amide bonds. The van der Waals surface area contributed by atoms with E-state index in [-0.39, 0.29) is 12.2 Å². The van der Waals surface area contributed by atoms with Crippen LogP contribution in [0, 0.1) is 6.92 Å². The van der Waals surface area contributed by atoms with E-state index in [9.17, 15) is 4.79 Å². The smallest absolute Gasteiger partial charge is 0.410 e. The summed E-state index contributed by atoms with van der Waals surface area (Å²) in [7, 11) is 1.65. The van der Waals surface area contributed by atoms with Crippen molar-refractivity contribution in [2.75, 3.05) is 7.05 Å². The molecule has 0 radical (unpaired) electrons. The Morgan fingerprint density at radius 3 is 2.73 bits per heavy atom. The van der Waals surface area contributed by atoms with E-state index in [0.717, 1.165) is 5.82 Å². The third-order valence-corrected chi connectivity index (χ3v) is 1.67. The molecule has 6 nitrogen and oxygen atoms in total. The van der Waals surface area contributed by atoms with Gasteiger partial charge in [-0.1, -0.05) is 0 Å². The number of hydrogen-bond acceptors (Lipinski definition) is 4. The third-order valence-electron chi connectivity index (χ3n) is 1.67. The molecule has 1 heterocycles. The molecule has 0 unspecified atom stereocenters. The van der Waals surface area contributed by atoms with Crippen molar-refractivity contribution in [3.63, 3.8) is 0 Å². The number of aromatic amines is 1. The minimum absolute atomic E-state index is 0.117. The second-order valence-electron chi connectivity index (χ2n) is 3.63. The van der Waals surface area contributed by atoms with Gasteiger partial charge in [-0.15, -0.1) is 0 Å². The van der Waals surface area contributed by atoms with E-state index in [0.29, 0.717) is 12.4 Å². The van der Waals surface area contributed by atoms with Gasteiger partial charge in [0.2, 0.25) is 0 Å². The molecular weight excluding hydrogens is 196 g/mol. The molecule has 84 valence electrons. The van der Waals surface area contributed by atoms with Crippen LogP contribution in [0.15, 0.2) is 0 Å². The van der Waals surface area contributed by atoms with Crippen molar-refractivity contribution in [2.24, 2.45) is 0 Å². The largest absolute Gasteiger partial charge is 0.447 e. The molecule has 1 aromatic rings. The fourth-order valence-corrected chi connectivity index (χ4v) is 1.03. The molecule has 0 aliphatic heterocycles. The van der Waals surface area contributed by atoms with Gasteiger partial charge in [0.15, 0.2) is 5.82 Å². The van der Waals surface area contributed by atoms with Gasteiger partial charge in [0.05, 0.1) is 12.6 Å². The molecule has 0 atom stereocenters. The number of aryl methyl sites for hydroxylation is 1. The minimum atomic E-state index is -0.368. The van der Waals surface area contributed by atoms with E-state index < -0.39 is 0 Å². The van der Waals surface area contributed by atoms with E-state index in [1.807, 2.05) is 20.8 Å². The van der Waals surface area contributed by atoms with Gasteiger partial charge in [-0.2, -0.15) is 5.10 Å². The molecule has 1 aromatic heterocycles. The summed E-state index contributed by atoms with van der Waals surface area (Å²) in [5.74, 6) is 1.31. The Hall–Kier alpha value is -1.59. The van der Waals surface area contributed by atoms with Crippen LogP contribution >= 0.6 is 0 Å². The Balaban J connectivity index is 2.48. The van der Waals surface area contributed by atoms with E-state index in [4.69, 9.17) is 4.74 Å². The Morgan fingerprint density at radius 2 is 2.27 bits per heavy atom. The van der Waals surface area contributed by atoms with Crippen LogP contribution in [-0.4, -0.2) is 39.3 Å². The average molecular weight is 212 g/mol. The number of nitrogens with zero attached hydrogens (tertiary/aromatic N) is 3. The number of H-pyrrole nitrogens is 1. The van der Waals surface area contributed by atoms with Crippen LogP contribution in [0.3, 0.4) is 0 Å². The topological polar surface area (TPSA) is 71.1 Å². The van der Waals surface area contributed by atoms with Crippen molar-refractivity contribution < 1.29 is 9.53 Å². The van der Waals surface area contributed by atoms with Gasteiger partial charge in [-0.3, -0.25) is 5.10 Å². The number of aromatic nitrogens is 3. The first kappa shape index (κ1) is 11.5. The summed E-state index contributed by atoms with van der Waals surface area (Å²) in [6, 6.07) is 0. The molecule has 0 aliphatic carbocycles. The molecule has 0 aromatic carbocycles. The first-order chi connectivity index (χ1) is 6.99. The summed E-state index contributed by atoms with van der Waals surface area (Å²) >= 11 is 0. The molecule has 0 fully saturated rings. The fourth-order valence-electron chi connectivity index (χ4n) is 1.03. The molecule has 1 N–H and O–H groups in total. The number of amides is 1. The molecule has 1 rings (SSSR count). The zero-order chi connectivity index (χ0) is 11.4. The predicted octanol–water partition coefficient (Wildman–Crippen LogP) is 1.09.